The highest BCUT2D eigenvalue weighted by atomic mass is 32.2. The van der Waals surface area contributed by atoms with E-state index < -0.39 is 28.5 Å². The highest BCUT2D eigenvalue weighted by molar-refractivity contribution is 7.89. The van der Waals surface area contributed by atoms with Crippen molar-refractivity contribution in [3.05, 3.63) is 12.4 Å². The number of nitrogens with zero attached hydrogens (tertiary/aromatic N) is 3. The lowest BCUT2D eigenvalue weighted by Crippen LogP contribution is -2.29. The topological polar surface area (TPSA) is 119 Å². The maximum atomic E-state index is 12.1. The highest BCUT2D eigenvalue weighted by Gasteiger charge is 2.23. The Morgan fingerprint density at radius 2 is 2.15 bits per heavy atom. The van der Waals surface area contributed by atoms with Crippen LogP contribution in [0.25, 0.3) is 0 Å². The number of rotatable bonds is 7. The van der Waals surface area contributed by atoms with Gasteiger partial charge in [-0.3, -0.25) is 14.3 Å². The van der Waals surface area contributed by atoms with Crippen molar-refractivity contribution in [1.82, 2.24) is 14.1 Å². The molecule has 0 saturated heterocycles. The van der Waals surface area contributed by atoms with Crippen molar-refractivity contribution < 1.29 is 27.9 Å². The molecule has 9 nitrogen and oxygen atoms in total. The van der Waals surface area contributed by atoms with Gasteiger partial charge in [0, 0.05) is 19.8 Å². The molecule has 0 spiro atoms. The van der Waals surface area contributed by atoms with Crippen LogP contribution in [0.3, 0.4) is 0 Å². The summed E-state index contributed by atoms with van der Waals surface area (Å²) in [5, 5.41) is 12.2. The third kappa shape index (κ3) is 4.03. The zero-order valence-corrected chi connectivity index (χ0v) is 11.8. The van der Waals surface area contributed by atoms with E-state index in [-0.39, 0.29) is 17.9 Å². The van der Waals surface area contributed by atoms with Crippen LogP contribution in [-0.2, 0) is 30.9 Å². The Hall–Kier alpha value is -1.94. The Morgan fingerprint density at radius 3 is 2.70 bits per heavy atom. The van der Waals surface area contributed by atoms with E-state index in [1.165, 1.54) is 14.2 Å². The maximum absolute atomic E-state index is 12.1. The van der Waals surface area contributed by atoms with E-state index in [9.17, 15) is 18.0 Å². The zero-order chi connectivity index (χ0) is 15.3. The van der Waals surface area contributed by atoms with Gasteiger partial charge in [0.1, 0.15) is 11.4 Å². The molecule has 1 rings (SSSR count). The number of aromatic nitrogens is 2. The SMILES string of the molecule is COC(=O)CCN(C)S(=O)(=O)c1cnn(CC(=O)O)c1. The Morgan fingerprint density at radius 1 is 1.50 bits per heavy atom. The smallest absolute Gasteiger partial charge is 0.325 e. The van der Waals surface area contributed by atoms with Crippen LogP contribution in [0, 0.1) is 0 Å². The predicted octanol–water partition coefficient (Wildman–Crippen LogP) is -0.849. The van der Waals surface area contributed by atoms with E-state index in [4.69, 9.17) is 5.11 Å². The molecule has 0 aromatic carbocycles. The van der Waals surface area contributed by atoms with Crippen LogP contribution < -0.4 is 0 Å². The maximum Gasteiger partial charge on any atom is 0.325 e. The van der Waals surface area contributed by atoms with Gasteiger partial charge in [-0.05, 0) is 0 Å². The van der Waals surface area contributed by atoms with Gasteiger partial charge in [-0.25, -0.2) is 12.7 Å². The monoisotopic (exact) mass is 305 g/mol. The number of carboxylic acids is 1. The molecule has 112 valence electrons. The number of sulfonamides is 1. The molecule has 1 aromatic rings. The van der Waals surface area contributed by atoms with Crippen molar-refractivity contribution >= 4 is 22.0 Å². The van der Waals surface area contributed by atoms with Crippen LogP contribution in [0.2, 0.25) is 0 Å². The summed E-state index contributed by atoms with van der Waals surface area (Å²) in [7, 11) is -1.28. The Kier molecular flexibility index (Phi) is 5.22. The van der Waals surface area contributed by atoms with Crippen LogP contribution in [0.1, 0.15) is 6.42 Å². The van der Waals surface area contributed by atoms with E-state index in [0.717, 1.165) is 21.4 Å². The number of hydrogen-bond donors (Lipinski definition) is 1. The number of carbonyl (C=O) groups excluding carboxylic acids is 1. The molecule has 0 saturated carbocycles. The number of carbonyl (C=O) groups is 2. The second-order valence-corrected chi connectivity index (χ2v) is 5.96. The minimum Gasteiger partial charge on any atom is -0.480 e. The largest absolute Gasteiger partial charge is 0.480 e. The van der Waals surface area contributed by atoms with Gasteiger partial charge in [0.25, 0.3) is 0 Å². The Bertz CT molecular complexity index is 594. The lowest BCUT2D eigenvalue weighted by molar-refractivity contribution is -0.141. The number of methoxy groups -OCH3 is 1. The second kappa shape index (κ2) is 6.48. The van der Waals surface area contributed by atoms with Crippen LogP contribution in [0.4, 0.5) is 0 Å². The minimum absolute atomic E-state index is 0.0425. The fourth-order valence-electron chi connectivity index (χ4n) is 1.35. The molecule has 0 fully saturated rings. The first kappa shape index (κ1) is 16.1. The summed E-state index contributed by atoms with van der Waals surface area (Å²) in [5.41, 5.74) is 0. The van der Waals surface area contributed by atoms with E-state index in [1.807, 2.05) is 0 Å². The highest BCUT2D eigenvalue weighted by Crippen LogP contribution is 2.13. The van der Waals surface area contributed by atoms with Crippen LogP contribution in [0.15, 0.2) is 17.3 Å². The molecule has 1 heterocycles. The molecule has 0 bridgehead atoms. The summed E-state index contributed by atoms with van der Waals surface area (Å²) >= 11 is 0. The van der Waals surface area contributed by atoms with E-state index >= 15 is 0 Å². The van der Waals surface area contributed by atoms with Crippen LogP contribution in [-0.4, -0.2) is 60.3 Å². The second-order valence-electron chi connectivity index (χ2n) is 3.92. The van der Waals surface area contributed by atoms with Gasteiger partial charge in [-0.15, -0.1) is 0 Å². The third-order valence-corrected chi connectivity index (χ3v) is 4.28. The molecule has 0 atom stereocenters. The molecule has 20 heavy (non-hydrogen) atoms. The van der Waals surface area contributed by atoms with Crippen molar-refractivity contribution in [2.24, 2.45) is 0 Å². The molecule has 10 heteroatoms. The Labute approximate surface area is 115 Å². The fourth-order valence-corrected chi connectivity index (χ4v) is 2.48. The Balaban J connectivity index is 2.79. The predicted molar refractivity (Wildman–Crippen MR) is 66.3 cm³/mol. The van der Waals surface area contributed by atoms with E-state index in [0.29, 0.717) is 0 Å². The first-order chi connectivity index (χ1) is 9.27. The average molecular weight is 305 g/mol. The molecule has 0 aliphatic carbocycles. The van der Waals surface area contributed by atoms with Crippen molar-refractivity contribution in [3.63, 3.8) is 0 Å². The normalized spacial score (nSPS) is 11.6. The zero-order valence-electron chi connectivity index (χ0n) is 11.0. The minimum atomic E-state index is -3.81. The fraction of sp³-hybridized carbons (Fsp3) is 0.500. The molecular weight excluding hydrogens is 290 g/mol. The molecule has 0 amide bonds. The first-order valence-corrected chi connectivity index (χ1v) is 6.98. The summed E-state index contributed by atoms with van der Waals surface area (Å²) in [4.78, 5) is 21.3. The lowest BCUT2D eigenvalue weighted by Gasteiger charge is -2.14. The van der Waals surface area contributed by atoms with E-state index in [1.54, 1.807) is 0 Å². The van der Waals surface area contributed by atoms with Crippen molar-refractivity contribution in [1.29, 1.82) is 0 Å². The standard InChI is InChI=1S/C10H15N3O6S/c1-12(4-3-10(16)19-2)20(17,18)8-5-11-13(6-8)7-9(14)15/h5-6H,3-4,7H2,1-2H3,(H,14,15). The summed E-state index contributed by atoms with van der Waals surface area (Å²) in [6.45, 7) is -0.472. The van der Waals surface area contributed by atoms with Gasteiger partial charge in [0.05, 0.1) is 19.7 Å². The quantitative estimate of drug-likeness (QED) is 0.652. The van der Waals surface area contributed by atoms with Gasteiger partial charge in [0.15, 0.2) is 0 Å². The van der Waals surface area contributed by atoms with Crippen LogP contribution >= 0.6 is 0 Å². The van der Waals surface area contributed by atoms with Gasteiger partial charge < -0.3 is 9.84 Å². The van der Waals surface area contributed by atoms with Gasteiger partial charge in [-0.2, -0.15) is 5.10 Å². The van der Waals surface area contributed by atoms with Gasteiger partial charge in [-0.1, -0.05) is 0 Å². The first-order valence-electron chi connectivity index (χ1n) is 5.54. The van der Waals surface area contributed by atoms with Gasteiger partial charge >= 0.3 is 11.9 Å². The molecule has 0 aliphatic rings. The van der Waals surface area contributed by atoms with E-state index in [2.05, 4.69) is 9.84 Å². The molecular formula is C10H15N3O6S. The number of ether oxygens (including phenoxy) is 1. The van der Waals surface area contributed by atoms with Crippen LogP contribution in [0.5, 0.6) is 0 Å². The molecule has 1 N–H and O–H groups in total. The van der Waals surface area contributed by atoms with Crippen molar-refractivity contribution in [2.45, 2.75) is 17.9 Å². The molecule has 1 aromatic heterocycles. The summed E-state index contributed by atoms with van der Waals surface area (Å²) < 4.78 is 30.6. The number of hydrogen-bond acceptors (Lipinski definition) is 6. The summed E-state index contributed by atoms with van der Waals surface area (Å²) in [6.07, 6.45) is 2.11. The van der Waals surface area contributed by atoms with Crippen molar-refractivity contribution in [3.8, 4) is 0 Å². The molecule has 0 radical (unpaired) electrons. The number of esters is 1. The van der Waals surface area contributed by atoms with Gasteiger partial charge in [0.2, 0.25) is 10.0 Å². The lowest BCUT2D eigenvalue weighted by atomic mass is 10.4. The molecule has 0 unspecified atom stereocenters. The summed E-state index contributed by atoms with van der Waals surface area (Å²) in [5.74, 6) is -1.65. The van der Waals surface area contributed by atoms with Crippen molar-refractivity contribution in [2.75, 3.05) is 20.7 Å². The molecule has 0 aliphatic heterocycles. The number of carboxylic acid groups (broad SMARTS) is 1. The average Bonchev–Trinajstić information content (AvgIpc) is 2.83. The number of aliphatic carboxylic acids is 1. The summed E-state index contributed by atoms with van der Waals surface area (Å²) in [6, 6.07) is 0. The third-order valence-electron chi connectivity index (χ3n) is 2.47.